The molecule has 36 heavy (non-hydrogen) atoms. The van der Waals surface area contributed by atoms with E-state index < -0.39 is 17.4 Å². The first-order chi connectivity index (χ1) is 17.2. The van der Waals surface area contributed by atoms with Gasteiger partial charge in [-0.1, -0.05) is 17.7 Å². The second-order valence-electron chi connectivity index (χ2n) is 9.18. The van der Waals surface area contributed by atoms with Gasteiger partial charge in [-0.15, -0.1) is 4.91 Å². The highest BCUT2D eigenvalue weighted by Crippen LogP contribution is 2.38. The maximum Gasteiger partial charge on any atom is 0.418 e. The zero-order chi connectivity index (χ0) is 25.7. The van der Waals surface area contributed by atoms with Crippen molar-refractivity contribution in [2.24, 2.45) is 5.18 Å². The maximum absolute atomic E-state index is 13.2. The Bertz CT molecular complexity index is 1070. The van der Waals surface area contributed by atoms with E-state index in [2.05, 4.69) is 20.3 Å². The molecule has 11 heteroatoms. The van der Waals surface area contributed by atoms with E-state index in [0.29, 0.717) is 36.8 Å². The van der Waals surface area contributed by atoms with Crippen LogP contribution in [0.2, 0.25) is 5.02 Å². The Morgan fingerprint density at radius 2 is 1.75 bits per heavy atom. The molecule has 2 saturated heterocycles. The number of piperidine rings is 1. The Morgan fingerprint density at radius 3 is 2.39 bits per heavy atom. The number of nitrogens with one attached hydrogen (secondary N) is 1. The number of likely N-dealkylation sites (tertiary alicyclic amines) is 1. The van der Waals surface area contributed by atoms with Gasteiger partial charge >= 0.3 is 6.18 Å². The van der Waals surface area contributed by atoms with Crippen molar-refractivity contribution in [3.05, 3.63) is 58.0 Å². The van der Waals surface area contributed by atoms with Crippen LogP contribution >= 0.6 is 11.6 Å². The first-order valence-electron chi connectivity index (χ1n) is 12.0. The summed E-state index contributed by atoms with van der Waals surface area (Å²) in [5, 5.41) is 6.32. The summed E-state index contributed by atoms with van der Waals surface area (Å²) in [4.78, 5) is 29.8. The molecule has 2 heterocycles. The van der Waals surface area contributed by atoms with Gasteiger partial charge in [0.25, 0.3) is 0 Å². The number of amides is 1. The number of carbonyl (C=O) groups excluding carboxylic acids is 1. The van der Waals surface area contributed by atoms with Crippen molar-refractivity contribution < 1.29 is 18.0 Å². The van der Waals surface area contributed by atoms with Gasteiger partial charge in [0.05, 0.1) is 5.56 Å². The zero-order valence-electron chi connectivity index (χ0n) is 19.8. The van der Waals surface area contributed by atoms with Crippen LogP contribution in [0.1, 0.15) is 24.8 Å². The van der Waals surface area contributed by atoms with Crippen LogP contribution in [0.3, 0.4) is 0 Å². The number of hydrogen-bond donors (Lipinski definition) is 1. The minimum absolute atomic E-state index is 0.0210. The lowest BCUT2D eigenvalue weighted by Gasteiger charge is -2.37. The topological polar surface area (TPSA) is 68.2 Å². The van der Waals surface area contributed by atoms with Gasteiger partial charge in [0, 0.05) is 74.7 Å². The summed E-state index contributed by atoms with van der Waals surface area (Å²) in [6.45, 7) is 5.07. The molecule has 194 valence electrons. The number of rotatable bonds is 7. The van der Waals surface area contributed by atoms with Gasteiger partial charge in [0.2, 0.25) is 5.91 Å². The summed E-state index contributed by atoms with van der Waals surface area (Å²) in [5.41, 5.74) is -0.261. The lowest BCUT2D eigenvalue weighted by molar-refractivity contribution is -0.137. The Hall–Kier alpha value is -2.85. The van der Waals surface area contributed by atoms with Gasteiger partial charge in [-0.2, -0.15) is 13.2 Å². The van der Waals surface area contributed by atoms with Gasteiger partial charge in [-0.25, -0.2) is 0 Å². The van der Waals surface area contributed by atoms with E-state index in [1.54, 1.807) is 0 Å². The molecule has 2 fully saturated rings. The molecule has 0 aromatic heterocycles. The zero-order valence-corrected chi connectivity index (χ0v) is 20.6. The highest BCUT2D eigenvalue weighted by Gasteiger charge is 2.34. The van der Waals surface area contributed by atoms with Crippen LogP contribution in [0.25, 0.3) is 0 Å². The number of halogens is 4. The summed E-state index contributed by atoms with van der Waals surface area (Å²) in [5.74, 6) is 0.143. The summed E-state index contributed by atoms with van der Waals surface area (Å²) >= 11 is 6.09. The van der Waals surface area contributed by atoms with E-state index in [0.717, 1.165) is 56.8 Å². The van der Waals surface area contributed by atoms with E-state index in [4.69, 9.17) is 11.6 Å². The Labute approximate surface area is 213 Å². The Kier molecular flexibility index (Phi) is 8.35. The number of piperazine rings is 1. The maximum atomic E-state index is 13.2. The fourth-order valence-electron chi connectivity index (χ4n) is 4.77. The molecule has 0 spiro atoms. The molecule has 0 bridgehead atoms. The normalized spacial score (nSPS) is 17.8. The largest absolute Gasteiger partial charge is 0.418 e. The number of carbonyl (C=O) groups is 1. The Morgan fingerprint density at radius 1 is 1.03 bits per heavy atom. The predicted molar refractivity (Wildman–Crippen MR) is 135 cm³/mol. The van der Waals surface area contributed by atoms with Crippen LogP contribution < -0.4 is 10.2 Å². The van der Waals surface area contributed by atoms with E-state index in [9.17, 15) is 22.9 Å². The van der Waals surface area contributed by atoms with E-state index >= 15 is 0 Å². The predicted octanol–water partition coefficient (Wildman–Crippen LogP) is 5.37. The van der Waals surface area contributed by atoms with Crippen molar-refractivity contribution >= 4 is 34.6 Å². The van der Waals surface area contributed by atoms with Crippen LogP contribution in [0.5, 0.6) is 0 Å². The molecule has 1 N–H and O–H groups in total. The lowest BCUT2D eigenvalue weighted by atomic mass is 10.0. The highest BCUT2D eigenvalue weighted by molar-refractivity contribution is 6.30. The van der Waals surface area contributed by atoms with Crippen molar-refractivity contribution in [2.75, 3.05) is 56.0 Å². The molecular formula is C25H29ClF3N5O2. The van der Waals surface area contributed by atoms with Gasteiger partial charge in [0.15, 0.2) is 0 Å². The third-order valence-electron chi connectivity index (χ3n) is 6.81. The van der Waals surface area contributed by atoms with Crippen LogP contribution in [-0.4, -0.2) is 67.6 Å². The van der Waals surface area contributed by atoms with Crippen LogP contribution in [0.4, 0.5) is 30.2 Å². The van der Waals surface area contributed by atoms with Crippen LogP contribution in [-0.2, 0) is 11.0 Å². The second kappa shape index (κ2) is 11.5. The smallest absolute Gasteiger partial charge is 0.382 e. The molecule has 2 aromatic carbocycles. The van der Waals surface area contributed by atoms with Crippen molar-refractivity contribution in [3.63, 3.8) is 0 Å². The SMILES string of the molecule is O=Nc1ccc(NC2CCN(CCC(=O)N3CCN(c4cccc(Cl)c4)CC3)CC2)cc1C(F)(F)F. The van der Waals surface area contributed by atoms with Crippen LogP contribution in [0.15, 0.2) is 47.6 Å². The lowest BCUT2D eigenvalue weighted by Crippen LogP contribution is -2.49. The third kappa shape index (κ3) is 6.67. The molecule has 7 nitrogen and oxygen atoms in total. The summed E-state index contributed by atoms with van der Waals surface area (Å²) < 4.78 is 39.5. The first kappa shape index (κ1) is 26.2. The summed E-state index contributed by atoms with van der Waals surface area (Å²) in [6.07, 6.45) is -2.69. The average molecular weight is 524 g/mol. The molecule has 0 aliphatic carbocycles. The molecule has 0 radical (unpaired) electrons. The molecule has 0 atom stereocenters. The van der Waals surface area contributed by atoms with Crippen molar-refractivity contribution in [1.82, 2.24) is 9.80 Å². The van der Waals surface area contributed by atoms with E-state index in [1.807, 2.05) is 29.2 Å². The molecule has 4 rings (SSSR count). The fraction of sp³-hybridized carbons (Fsp3) is 0.480. The summed E-state index contributed by atoms with van der Waals surface area (Å²) in [7, 11) is 0. The van der Waals surface area contributed by atoms with Gasteiger partial charge in [0.1, 0.15) is 5.69 Å². The molecule has 1 amide bonds. The molecule has 2 aromatic rings. The monoisotopic (exact) mass is 523 g/mol. The van der Waals surface area contributed by atoms with Crippen molar-refractivity contribution in [3.8, 4) is 0 Å². The minimum Gasteiger partial charge on any atom is -0.382 e. The highest BCUT2D eigenvalue weighted by atomic mass is 35.5. The fourth-order valence-corrected chi connectivity index (χ4v) is 4.95. The number of anilines is 2. The molecule has 2 aliphatic rings. The first-order valence-corrected chi connectivity index (χ1v) is 12.4. The number of nitrogens with zero attached hydrogens (tertiary/aromatic N) is 4. The van der Waals surface area contributed by atoms with Gasteiger partial charge in [-0.3, -0.25) is 4.79 Å². The summed E-state index contributed by atoms with van der Waals surface area (Å²) in [6, 6.07) is 11.2. The average Bonchev–Trinajstić information content (AvgIpc) is 2.87. The number of hydrogen-bond acceptors (Lipinski definition) is 6. The second-order valence-corrected chi connectivity index (χ2v) is 9.62. The van der Waals surface area contributed by atoms with Crippen LogP contribution in [0, 0.1) is 4.91 Å². The number of benzene rings is 2. The number of alkyl halides is 3. The van der Waals surface area contributed by atoms with Gasteiger partial charge in [-0.05, 0) is 54.4 Å². The molecule has 2 aliphatic heterocycles. The van der Waals surface area contributed by atoms with Crippen molar-refractivity contribution in [1.29, 1.82) is 0 Å². The standard InChI is InChI=1S/C25H29ClF3N5O2/c26-18-2-1-3-21(16-18)33-12-14-34(15-13-33)24(35)8-11-32-9-6-19(7-10-32)30-20-4-5-23(31-36)22(17-20)25(27,28)29/h1-5,16-17,19,30H,6-15H2. The minimum atomic E-state index is -4.64. The quantitative estimate of drug-likeness (QED) is 0.494. The molecular weight excluding hydrogens is 495 g/mol. The van der Waals surface area contributed by atoms with E-state index in [1.165, 1.54) is 6.07 Å². The number of nitroso groups, excluding NO2 is 1. The molecule has 0 unspecified atom stereocenters. The third-order valence-corrected chi connectivity index (χ3v) is 7.04. The Balaban J connectivity index is 1.19. The molecule has 0 saturated carbocycles. The van der Waals surface area contributed by atoms with Crippen molar-refractivity contribution in [2.45, 2.75) is 31.5 Å². The van der Waals surface area contributed by atoms with E-state index in [-0.39, 0.29) is 11.9 Å². The van der Waals surface area contributed by atoms with Gasteiger partial charge < -0.3 is 20.0 Å².